The molecule has 0 heterocycles. The van der Waals surface area contributed by atoms with Gasteiger partial charge in [0.1, 0.15) is 5.82 Å². The monoisotopic (exact) mass is 256 g/mol. The lowest BCUT2D eigenvalue weighted by molar-refractivity contribution is 0.421. The number of halogens is 3. The summed E-state index contributed by atoms with van der Waals surface area (Å²) in [6.45, 7) is 0. The Morgan fingerprint density at radius 3 is 2.47 bits per heavy atom. The van der Waals surface area contributed by atoms with Crippen molar-refractivity contribution in [3.8, 4) is 5.75 Å². The van der Waals surface area contributed by atoms with E-state index < -0.39 is 32.2 Å². The maximum atomic E-state index is 12.8. The van der Waals surface area contributed by atoms with E-state index in [0.29, 0.717) is 6.07 Å². The van der Waals surface area contributed by atoms with Gasteiger partial charge in [0.15, 0.2) is 11.6 Å². The largest absolute Gasteiger partial charge is 0.505 e. The molecule has 0 aliphatic heterocycles. The lowest BCUT2D eigenvalue weighted by atomic mass is 10.1. The molecule has 1 rings (SSSR count). The fourth-order valence-corrected chi connectivity index (χ4v) is 1.74. The molecule has 0 bridgehead atoms. The van der Waals surface area contributed by atoms with Gasteiger partial charge in [-0.15, -0.1) is 0 Å². The summed E-state index contributed by atoms with van der Waals surface area (Å²) in [5.41, 5.74) is -0.128. The molecule has 0 fully saturated rings. The summed E-state index contributed by atoms with van der Waals surface area (Å²) in [6.07, 6.45) is -0.244. The van der Waals surface area contributed by atoms with Crippen molar-refractivity contribution in [1.82, 2.24) is 0 Å². The number of hydrogen-bond donors (Lipinski definition) is 1. The third kappa shape index (κ3) is 3.64. The Labute approximate surface area is 89.7 Å². The van der Waals surface area contributed by atoms with Gasteiger partial charge in [0.25, 0.3) is 0 Å². The van der Waals surface area contributed by atoms with Crippen LogP contribution in [-0.4, -0.2) is 19.3 Å². The van der Waals surface area contributed by atoms with Crippen molar-refractivity contribution >= 4 is 19.7 Å². The van der Waals surface area contributed by atoms with E-state index in [2.05, 4.69) is 0 Å². The fourth-order valence-electron chi connectivity index (χ4n) is 1.04. The lowest BCUT2D eigenvalue weighted by Crippen LogP contribution is -2.02. The molecule has 1 N–H and O–H groups in total. The van der Waals surface area contributed by atoms with Crippen LogP contribution < -0.4 is 0 Å². The van der Waals surface area contributed by atoms with Crippen LogP contribution in [0.25, 0.3) is 0 Å². The van der Waals surface area contributed by atoms with E-state index in [1.807, 2.05) is 0 Å². The minimum atomic E-state index is -3.75. The SMILES string of the molecule is O=S(=O)(Cl)CCc1cc(F)cc(F)c1O. The van der Waals surface area contributed by atoms with Crippen molar-refractivity contribution in [2.45, 2.75) is 6.42 Å². The van der Waals surface area contributed by atoms with Crippen LogP contribution in [-0.2, 0) is 15.5 Å². The molecular weight excluding hydrogens is 250 g/mol. The van der Waals surface area contributed by atoms with Crippen LogP contribution >= 0.6 is 10.7 Å². The van der Waals surface area contributed by atoms with Gasteiger partial charge in [0.05, 0.1) is 5.75 Å². The molecule has 0 amide bonds. The second-order valence-corrected chi connectivity index (χ2v) is 5.78. The van der Waals surface area contributed by atoms with Crippen molar-refractivity contribution in [2.24, 2.45) is 0 Å². The summed E-state index contributed by atoms with van der Waals surface area (Å²) in [4.78, 5) is 0. The second kappa shape index (κ2) is 4.32. The second-order valence-electron chi connectivity index (χ2n) is 2.89. The summed E-state index contributed by atoms with van der Waals surface area (Å²) >= 11 is 0. The van der Waals surface area contributed by atoms with Gasteiger partial charge in [-0.25, -0.2) is 17.2 Å². The number of aromatic hydroxyl groups is 1. The molecule has 0 aliphatic rings. The highest BCUT2D eigenvalue weighted by Gasteiger charge is 2.13. The van der Waals surface area contributed by atoms with Gasteiger partial charge < -0.3 is 5.11 Å². The predicted molar refractivity (Wildman–Crippen MR) is 51.4 cm³/mol. The number of phenolic OH excluding ortho intramolecular Hbond substituents is 1. The van der Waals surface area contributed by atoms with Crippen molar-refractivity contribution in [1.29, 1.82) is 0 Å². The summed E-state index contributed by atoms with van der Waals surface area (Å²) in [6, 6.07) is 1.37. The molecule has 84 valence electrons. The van der Waals surface area contributed by atoms with E-state index in [-0.39, 0.29) is 12.0 Å². The van der Waals surface area contributed by atoms with Crippen molar-refractivity contribution in [2.75, 3.05) is 5.75 Å². The smallest absolute Gasteiger partial charge is 0.232 e. The van der Waals surface area contributed by atoms with Crippen LogP contribution in [0, 0.1) is 11.6 Å². The molecule has 1 aromatic rings. The number of benzene rings is 1. The van der Waals surface area contributed by atoms with Gasteiger partial charge >= 0.3 is 0 Å². The van der Waals surface area contributed by atoms with Gasteiger partial charge in [-0.3, -0.25) is 0 Å². The molecule has 0 unspecified atom stereocenters. The molecule has 0 spiro atoms. The molecule has 3 nitrogen and oxygen atoms in total. The maximum Gasteiger partial charge on any atom is 0.232 e. The van der Waals surface area contributed by atoms with Crippen LogP contribution in [0.2, 0.25) is 0 Å². The normalized spacial score (nSPS) is 11.7. The first kappa shape index (κ1) is 12.2. The van der Waals surface area contributed by atoms with E-state index >= 15 is 0 Å². The molecule has 0 radical (unpaired) electrons. The first-order chi connectivity index (χ1) is 6.79. The van der Waals surface area contributed by atoms with E-state index in [4.69, 9.17) is 15.8 Å². The Balaban J connectivity index is 2.95. The zero-order chi connectivity index (χ0) is 11.6. The molecule has 0 aliphatic carbocycles. The van der Waals surface area contributed by atoms with Gasteiger partial charge in [0, 0.05) is 22.3 Å². The van der Waals surface area contributed by atoms with E-state index in [1.165, 1.54) is 0 Å². The van der Waals surface area contributed by atoms with Crippen molar-refractivity contribution in [3.05, 3.63) is 29.3 Å². The first-order valence-corrected chi connectivity index (χ1v) is 6.36. The third-order valence-electron chi connectivity index (χ3n) is 1.72. The van der Waals surface area contributed by atoms with Gasteiger partial charge in [0.2, 0.25) is 9.05 Å². The Bertz CT molecular complexity index is 473. The Morgan fingerprint density at radius 2 is 1.93 bits per heavy atom. The molecule has 7 heteroatoms. The van der Waals surface area contributed by atoms with Crippen LogP contribution in [0.5, 0.6) is 5.75 Å². The fraction of sp³-hybridized carbons (Fsp3) is 0.250. The maximum absolute atomic E-state index is 12.8. The van der Waals surface area contributed by atoms with Gasteiger partial charge in [-0.05, 0) is 12.5 Å². The average Bonchev–Trinajstić information content (AvgIpc) is 2.07. The predicted octanol–water partition coefficient (Wildman–Crippen LogP) is 1.78. The highest BCUT2D eigenvalue weighted by Crippen LogP contribution is 2.23. The molecule has 1 aromatic carbocycles. The van der Waals surface area contributed by atoms with Crippen LogP contribution in [0.15, 0.2) is 12.1 Å². The number of aryl methyl sites for hydroxylation is 1. The van der Waals surface area contributed by atoms with E-state index in [1.54, 1.807) is 0 Å². The standard InChI is InChI=1S/C8H7ClF2O3S/c9-15(13,14)2-1-5-3-6(10)4-7(11)8(5)12/h3-4,12H,1-2H2. The molecular formula is C8H7ClF2O3S. The van der Waals surface area contributed by atoms with Gasteiger partial charge in [-0.1, -0.05) is 0 Å². The Morgan fingerprint density at radius 1 is 1.33 bits per heavy atom. The minimum Gasteiger partial charge on any atom is -0.505 e. The Hall–Kier alpha value is -0.880. The zero-order valence-corrected chi connectivity index (χ0v) is 8.95. The van der Waals surface area contributed by atoms with Crippen molar-refractivity contribution in [3.63, 3.8) is 0 Å². The number of phenols is 1. The van der Waals surface area contributed by atoms with Crippen LogP contribution in [0.1, 0.15) is 5.56 Å². The average molecular weight is 257 g/mol. The molecule has 0 saturated carbocycles. The lowest BCUT2D eigenvalue weighted by Gasteiger charge is -2.04. The van der Waals surface area contributed by atoms with Gasteiger partial charge in [-0.2, -0.15) is 0 Å². The highest BCUT2D eigenvalue weighted by molar-refractivity contribution is 8.13. The van der Waals surface area contributed by atoms with Crippen LogP contribution in [0.3, 0.4) is 0 Å². The summed E-state index contributed by atoms with van der Waals surface area (Å²) in [5.74, 6) is -3.26. The summed E-state index contributed by atoms with van der Waals surface area (Å²) in [7, 11) is 1.17. The number of hydrogen-bond acceptors (Lipinski definition) is 3. The number of rotatable bonds is 3. The van der Waals surface area contributed by atoms with Crippen LogP contribution in [0.4, 0.5) is 8.78 Å². The minimum absolute atomic E-state index is 0.128. The zero-order valence-electron chi connectivity index (χ0n) is 7.37. The topological polar surface area (TPSA) is 54.4 Å². The molecule has 0 saturated heterocycles. The molecule has 15 heavy (non-hydrogen) atoms. The summed E-state index contributed by atoms with van der Waals surface area (Å²) < 4.78 is 46.6. The first-order valence-electron chi connectivity index (χ1n) is 3.89. The van der Waals surface area contributed by atoms with E-state index in [0.717, 1.165) is 6.07 Å². The quantitative estimate of drug-likeness (QED) is 0.839. The highest BCUT2D eigenvalue weighted by atomic mass is 35.7. The third-order valence-corrected chi connectivity index (χ3v) is 2.88. The Kier molecular flexibility index (Phi) is 3.51. The molecule has 0 aromatic heterocycles. The van der Waals surface area contributed by atoms with Crippen molar-refractivity contribution < 1.29 is 22.3 Å². The summed E-state index contributed by atoms with van der Waals surface area (Å²) in [5, 5.41) is 9.14. The van der Waals surface area contributed by atoms with E-state index in [9.17, 15) is 17.2 Å². The molecule has 0 atom stereocenters.